The van der Waals surface area contributed by atoms with Gasteiger partial charge < -0.3 is 16.2 Å². The number of aliphatic hydroxyl groups is 1. The summed E-state index contributed by atoms with van der Waals surface area (Å²) in [7, 11) is 0. The van der Waals surface area contributed by atoms with Gasteiger partial charge in [0.05, 0.1) is 0 Å². The van der Waals surface area contributed by atoms with Crippen molar-refractivity contribution in [2.24, 2.45) is 11.7 Å². The molecule has 1 aliphatic rings. The van der Waals surface area contributed by atoms with Crippen LogP contribution in [0.1, 0.15) is 58.8 Å². The molecular weight excluding hydrogens is 212 g/mol. The van der Waals surface area contributed by atoms with Gasteiger partial charge in [-0.1, -0.05) is 26.2 Å². The second-order valence-corrected chi connectivity index (χ2v) is 5.75. The average Bonchev–Trinajstić information content (AvgIpc) is 2.52. The SMILES string of the molecule is CCC1CCCC(CN)(NC(C)CCO)CC1. The molecule has 3 nitrogen and oxygen atoms in total. The predicted octanol–water partition coefficient (Wildman–Crippen LogP) is 2.03. The highest BCUT2D eigenvalue weighted by Gasteiger charge is 2.32. The molecule has 0 amide bonds. The summed E-state index contributed by atoms with van der Waals surface area (Å²) in [6.07, 6.45) is 8.44. The average molecular weight is 242 g/mol. The quantitative estimate of drug-likeness (QED) is 0.625. The largest absolute Gasteiger partial charge is 0.396 e. The molecule has 4 N–H and O–H groups in total. The second-order valence-electron chi connectivity index (χ2n) is 5.75. The lowest BCUT2D eigenvalue weighted by Crippen LogP contribution is -2.54. The minimum Gasteiger partial charge on any atom is -0.396 e. The minimum absolute atomic E-state index is 0.124. The summed E-state index contributed by atoms with van der Waals surface area (Å²) >= 11 is 0. The Labute approximate surface area is 106 Å². The Bertz CT molecular complexity index is 210. The third-order valence-electron chi connectivity index (χ3n) is 4.38. The maximum atomic E-state index is 8.99. The van der Waals surface area contributed by atoms with Crippen molar-refractivity contribution in [1.29, 1.82) is 0 Å². The maximum Gasteiger partial charge on any atom is 0.0445 e. The summed E-state index contributed by atoms with van der Waals surface area (Å²) in [6.45, 7) is 5.42. The van der Waals surface area contributed by atoms with Crippen molar-refractivity contribution in [3.8, 4) is 0 Å². The Hall–Kier alpha value is -0.120. The van der Waals surface area contributed by atoms with Crippen LogP contribution in [-0.2, 0) is 0 Å². The Kier molecular flexibility index (Phi) is 6.45. The van der Waals surface area contributed by atoms with Crippen LogP contribution in [0.5, 0.6) is 0 Å². The molecule has 0 aromatic rings. The first-order chi connectivity index (χ1) is 8.15. The van der Waals surface area contributed by atoms with Gasteiger partial charge in [0.1, 0.15) is 0 Å². The van der Waals surface area contributed by atoms with Crippen molar-refractivity contribution in [3.05, 3.63) is 0 Å². The van der Waals surface area contributed by atoms with Crippen molar-refractivity contribution >= 4 is 0 Å². The number of hydrogen-bond donors (Lipinski definition) is 3. The Morgan fingerprint density at radius 2 is 2.18 bits per heavy atom. The molecule has 0 spiro atoms. The summed E-state index contributed by atoms with van der Waals surface area (Å²) in [5.41, 5.74) is 6.14. The van der Waals surface area contributed by atoms with Gasteiger partial charge in [-0.15, -0.1) is 0 Å². The summed E-state index contributed by atoms with van der Waals surface area (Å²) in [4.78, 5) is 0. The third kappa shape index (κ3) is 4.57. The fraction of sp³-hybridized carbons (Fsp3) is 1.00. The smallest absolute Gasteiger partial charge is 0.0445 e. The maximum absolute atomic E-state index is 8.99. The molecule has 1 saturated carbocycles. The van der Waals surface area contributed by atoms with E-state index in [2.05, 4.69) is 19.2 Å². The predicted molar refractivity (Wildman–Crippen MR) is 73.0 cm³/mol. The molecule has 3 unspecified atom stereocenters. The van der Waals surface area contributed by atoms with E-state index in [4.69, 9.17) is 10.8 Å². The van der Waals surface area contributed by atoms with Crippen LogP contribution in [0.4, 0.5) is 0 Å². The Morgan fingerprint density at radius 3 is 2.76 bits per heavy atom. The second kappa shape index (κ2) is 7.34. The first-order valence-electron chi connectivity index (χ1n) is 7.24. The van der Waals surface area contributed by atoms with Crippen LogP contribution in [0, 0.1) is 5.92 Å². The highest BCUT2D eigenvalue weighted by molar-refractivity contribution is 4.93. The lowest BCUT2D eigenvalue weighted by molar-refractivity contribution is 0.220. The van der Waals surface area contributed by atoms with Crippen LogP contribution in [0.15, 0.2) is 0 Å². The fourth-order valence-corrected chi connectivity index (χ4v) is 3.08. The van der Waals surface area contributed by atoms with Gasteiger partial charge in [0.15, 0.2) is 0 Å². The topological polar surface area (TPSA) is 58.3 Å². The number of aliphatic hydroxyl groups excluding tert-OH is 1. The van der Waals surface area contributed by atoms with E-state index in [1.807, 2.05) is 0 Å². The third-order valence-corrected chi connectivity index (χ3v) is 4.38. The molecule has 3 atom stereocenters. The van der Waals surface area contributed by atoms with Crippen LogP contribution in [0.2, 0.25) is 0 Å². The van der Waals surface area contributed by atoms with Crippen molar-refractivity contribution in [2.75, 3.05) is 13.2 Å². The van der Waals surface area contributed by atoms with Gasteiger partial charge in [0.25, 0.3) is 0 Å². The number of nitrogens with one attached hydrogen (secondary N) is 1. The fourth-order valence-electron chi connectivity index (χ4n) is 3.08. The van der Waals surface area contributed by atoms with E-state index in [0.29, 0.717) is 6.04 Å². The molecule has 0 saturated heterocycles. The molecule has 0 heterocycles. The first kappa shape index (κ1) is 14.9. The monoisotopic (exact) mass is 242 g/mol. The molecule has 0 aromatic heterocycles. The summed E-state index contributed by atoms with van der Waals surface area (Å²) in [5.74, 6) is 0.887. The highest BCUT2D eigenvalue weighted by Crippen LogP contribution is 2.31. The van der Waals surface area contributed by atoms with Gasteiger partial charge in [0.2, 0.25) is 0 Å². The molecule has 0 aromatic carbocycles. The molecule has 0 radical (unpaired) electrons. The van der Waals surface area contributed by atoms with Crippen LogP contribution < -0.4 is 11.1 Å². The summed E-state index contributed by atoms with van der Waals surface area (Å²) in [6, 6.07) is 0.363. The van der Waals surface area contributed by atoms with E-state index in [-0.39, 0.29) is 12.1 Å². The molecule has 0 aliphatic heterocycles. The van der Waals surface area contributed by atoms with Gasteiger partial charge in [-0.25, -0.2) is 0 Å². The van der Waals surface area contributed by atoms with Crippen molar-refractivity contribution in [1.82, 2.24) is 5.32 Å². The van der Waals surface area contributed by atoms with Gasteiger partial charge >= 0.3 is 0 Å². The van der Waals surface area contributed by atoms with Crippen LogP contribution in [0.3, 0.4) is 0 Å². The first-order valence-corrected chi connectivity index (χ1v) is 7.24. The molecule has 1 rings (SSSR count). The summed E-state index contributed by atoms with van der Waals surface area (Å²) < 4.78 is 0. The standard InChI is InChI=1S/C14H30N2O/c1-3-13-5-4-8-14(11-15,9-6-13)16-12(2)7-10-17/h12-13,16-17H,3-11,15H2,1-2H3. The molecule has 0 bridgehead atoms. The number of hydrogen-bond acceptors (Lipinski definition) is 3. The Balaban J connectivity index is 2.55. The number of rotatable bonds is 6. The van der Waals surface area contributed by atoms with E-state index in [9.17, 15) is 0 Å². The summed E-state index contributed by atoms with van der Waals surface area (Å²) in [5, 5.41) is 12.7. The van der Waals surface area contributed by atoms with E-state index < -0.39 is 0 Å². The van der Waals surface area contributed by atoms with E-state index in [1.54, 1.807) is 0 Å². The molecule has 3 heteroatoms. The molecular formula is C14H30N2O. The minimum atomic E-state index is 0.124. The normalized spacial score (nSPS) is 32.1. The van der Waals surface area contributed by atoms with Gasteiger partial charge in [0, 0.05) is 24.7 Å². The lowest BCUT2D eigenvalue weighted by Gasteiger charge is -2.36. The van der Waals surface area contributed by atoms with Crippen LogP contribution in [0.25, 0.3) is 0 Å². The van der Waals surface area contributed by atoms with Gasteiger partial charge in [-0.2, -0.15) is 0 Å². The number of nitrogens with two attached hydrogens (primary N) is 1. The van der Waals surface area contributed by atoms with E-state index in [1.165, 1.54) is 38.5 Å². The zero-order valence-corrected chi connectivity index (χ0v) is 11.5. The van der Waals surface area contributed by atoms with Crippen molar-refractivity contribution in [3.63, 3.8) is 0 Å². The Morgan fingerprint density at radius 1 is 1.41 bits per heavy atom. The molecule has 17 heavy (non-hydrogen) atoms. The lowest BCUT2D eigenvalue weighted by atomic mass is 9.88. The van der Waals surface area contributed by atoms with Crippen LogP contribution >= 0.6 is 0 Å². The zero-order chi connectivity index (χ0) is 12.7. The van der Waals surface area contributed by atoms with E-state index in [0.717, 1.165) is 18.9 Å². The molecule has 102 valence electrons. The van der Waals surface area contributed by atoms with E-state index >= 15 is 0 Å². The van der Waals surface area contributed by atoms with Crippen molar-refractivity contribution in [2.45, 2.75) is 70.4 Å². The van der Waals surface area contributed by atoms with Crippen LogP contribution in [-0.4, -0.2) is 29.8 Å². The molecule has 1 aliphatic carbocycles. The van der Waals surface area contributed by atoms with Gasteiger partial charge in [-0.3, -0.25) is 0 Å². The van der Waals surface area contributed by atoms with Crippen molar-refractivity contribution < 1.29 is 5.11 Å². The molecule has 1 fully saturated rings. The van der Waals surface area contributed by atoms with Gasteiger partial charge in [-0.05, 0) is 38.5 Å². The highest BCUT2D eigenvalue weighted by atomic mass is 16.3. The zero-order valence-electron chi connectivity index (χ0n) is 11.5.